The van der Waals surface area contributed by atoms with E-state index in [-0.39, 0.29) is 128 Å². The molecule has 0 N–H and O–H groups in total. The summed E-state index contributed by atoms with van der Waals surface area (Å²) in [7, 11) is 46.1. The Balaban J connectivity index is 0.000000319. The summed E-state index contributed by atoms with van der Waals surface area (Å²) in [6.45, 7) is 0.513. The third kappa shape index (κ3) is 34.0. The summed E-state index contributed by atoms with van der Waals surface area (Å²) < 4.78 is 313. The Morgan fingerprint density at radius 2 is 0.630 bits per heavy atom. The summed E-state index contributed by atoms with van der Waals surface area (Å²) in [5.41, 5.74) is 4.25. The van der Waals surface area contributed by atoms with Gasteiger partial charge in [-0.3, -0.25) is 9.59 Å². The number of rotatable bonds is 36. The Labute approximate surface area is 784 Å². The molecule has 28 nitrogen and oxygen atoms in total. The molecule has 0 bridgehead atoms. The second-order valence-corrected chi connectivity index (χ2v) is 34.5. The van der Waals surface area contributed by atoms with E-state index in [1.54, 1.807) is 48.5 Å². The van der Waals surface area contributed by atoms with Crippen molar-refractivity contribution in [2.75, 3.05) is 17.3 Å². The molecule has 6 unspecified atom stereocenters. The Morgan fingerprint density at radius 3 is 0.941 bits per heavy atom. The molecule has 24 radical (unpaired) electrons. The standard InChI is InChI=1S/C24H18B3F3O7S.C20H22B3F3O7S.C20H16B3F3O7S.C16H15B3F2O7S/c25-9-13-7-15(10-26)21(16(8-13)11-27)37-23(32)18-6-2-4-14-3-1-5-17(20(14)18)22(31)36-19(24(28,29)30)12-38(33,34)35;2*21-7-11-5-12(8-22)17(13(6-11)9-23)33-19(28)15-4-2-1-3-14(15)18(27)32-16(20(24,25)26)10-34(29,30)31;1-9(16(20,21)29(24,25)26)27-13(22)2-3-14(23)28-15-11(7-18)4-10(6-17)5-12(15)8-19/h1-8,19H,9-12H2,(H,33,34,35);5-6,14-16H,1-4,7-10H2,(H,29,30,31);1-6,16H,7-10H2,(H,29,30,31);2-5,9H,6-8H2,1H3,(H,24,25,26)/p-4/b;;;3-2-. The van der Waals surface area contributed by atoms with Crippen molar-refractivity contribution in [1.29, 1.82) is 0 Å². The number of ether oxygens (including phenoxy) is 8. The maximum absolute atomic E-state index is 13.3. The van der Waals surface area contributed by atoms with Crippen molar-refractivity contribution in [2.45, 2.75) is 157 Å². The van der Waals surface area contributed by atoms with Crippen molar-refractivity contribution in [2.24, 2.45) is 11.8 Å². The van der Waals surface area contributed by atoms with Crippen LogP contribution in [0.2, 0.25) is 0 Å². The Morgan fingerprint density at radius 1 is 0.356 bits per heavy atom. The van der Waals surface area contributed by atoms with Crippen LogP contribution >= 0.6 is 0 Å². The number of fused-ring (bicyclic) bond motifs is 1. The molecule has 0 spiro atoms. The van der Waals surface area contributed by atoms with Crippen LogP contribution in [0.1, 0.15) is 141 Å². The quantitative estimate of drug-likeness (QED) is 0.00840. The van der Waals surface area contributed by atoms with Crippen molar-refractivity contribution in [3.63, 3.8) is 0 Å². The monoisotopic (exact) mass is 1940 g/mol. The molecule has 55 heteroatoms. The van der Waals surface area contributed by atoms with Gasteiger partial charge in [-0.25, -0.2) is 62.4 Å². The van der Waals surface area contributed by atoms with Crippen molar-refractivity contribution < 1.29 is 176 Å². The van der Waals surface area contributed by atoms with Gasteiger partial charge in [-0.05, 0) is 93.9 Å². The highest BCUT2D eigenvalue weighted by atomic mass is 32.2. The summed E-state index contributed by atoms with van der Waals surface area (Å²) in [4.78, 5) is 100. The minimum atomic E-state index is -6.05. The highest BCUT2D eigenvalue weighted by molar-refractivity contribution is 7.87. The second kappa shape index (κ2) is 50.3. The predicted molar refractivity (Wildman–Crippen MR) is 466 cm³/mol. The maximum Gasteiger partial charge on any atom is 0.426 e. The lowest BCUT2D eigenvalue weighted by molar-refractivity contribution is -0.219. The van der Waals surface area contributed by atoms with Gasteiger partial charge in [-0.15, -0.1) is 0 Å². The molecule has 1 aliphatic carbocycles. The van der Waals surface area contributed by atoms with Gasteiger partial charge >= 0.3 is 71.5 Å². The van der Waals surface area contributed by atoms with E-state index in [2.05, 4.69) is 18.9 Å². The van der Waals surface area contributed by atoms with E-state index in [4.69, 9.17) is 113 Å². The third-order valence-corrected chi connectivity index (χ3v) is 22.3. The molecular weight excluding hydrogens is 1880 g/mol. The zero-order valence-electron chi connectivity index (χ0n) is 70.6. The molecule has 0 aromatic heterocycles. The van der Waals surface area contributed by atoms with Crippen molar-refractivity contribution >= 4 is 193 Å². The Bertz CT molecular complexity index is 5860. The van der Waals surface area contributed by atoms with Crippen LogP contribution < -0.4 is 18.9 Å². The van der Waals surface area contributed by atoms with Gasteiger partial charge in [0.2, 0.25) is 18.3 Å². The lowest BCUT2D eigenvalue weighted by Gasteiger charge is -2.31. The van der Waals surface area contributed by atoms with Crippen molar-refractivity contribution in [3.8, 4) is 23.0 Å². The van der Waals surface area contributed by atoms with E-state index in [1.165, 1.54) is 42.5 Å². The Hall–Kier alpha value is -10.1. The molecule has 0 saturated heterocycles. The highest BCUT2D eigenvalue weighted by Gasteiger charge is 2.50. The first kappa shape index (κ1) is 115. The number of carbonyl (C=O) groups excluding carboxylic acids is 8. The van der Waals surface area contributed by atoms with E-state index < -0.39 is 182 Å². The fourth-order valence-electron chi connectivity index (χ4n) is 12.7. The number of benzene rings is 7. The number of esters is 8. The van der Waals surface area contributed by atoms with Crippen LogP contribution in [0.15, 0.2) is 121 Å². The molecule has 1 saturated carbocycles. The fraction of sp³-hybridized carbons (Fsp3) is 0.375. The number of carbonyl (C=O) groups is 8. The molecule has 8 rings (SSSR count). The largest absolute Gasteiger partial charge is 0.748 e. The number of hydrogen-bond acceptors (Lipinski definition) is 28. The molecule has 696 valence electrons. The summed E-state index contributed by atoms with van der Waals surface area (Å²) >= 11 is 0. The molecule has 7 aromatic carbocycles. The molecule has 0 aliphatic heterocycles. The molecule has 1 aliphatic rings. The van der Waals surface area contributed by atoms with Gasteiger partial charge in [0.05, 0.1) is 176 Å². The summed E-state index contributed by atoms with van der Waals surface area (Å²) in [6, 6.07) is 25.6. The fourth-order valence-corrected chi connectivity index (χ4v) is 15.1. The third-order valence-electron chi connectivity index (χ3n) is 19.2. The van der Waals surface area contributed by atoms with Gasteiger partial charge in [-0.2, -0.15) is 48.3 Å². The summed E-state index contributed by atoms with van der Waals surface area (Å²) in [6.07, 6.45) is -25.6. The minimum Gasteiger partial charge on any atom is -0.748 e. The molecule has 1 fully saturated rings. The summed E-state index contributed by atoms with van der Waals surface area (Å²) in [5.74, 6) is -18.5. The number of hydrogen-bond donors (Lipinski definition) is 0. The van der Waals surface area contributed by atoms with Crippen molar-refractivity contribution in [1.82, 2.24) is 0 Å². The first-order valence-corrected chi connectivity index (χ1v) is 45.2. The first-order valence-electron chi connectivity index (χ1n) is 39.1. The second-order valence-electron chi connectivity index (χ2n) is 28.7. The zero-order chi connectivity index (χ0) is 102. The number of alkyl halides is 11. The molecule has 7 aromatic rings. The van der Waals surface area contributed by atoms with E-state index in [9.17, 15) is 139 Å². The van der Waals surface area contributed by atoms with Crippen molar-refractivity contribution in [3.05, 3.63) is 210 Å². The van der Waals surface area contributed by atoms with Crippen LogP contribution in [0.25, 0.3) is 10.8 Å². The van der Waals surface area contributed by atoms with E-state index in [0.717, 1.165) is 18.2 Å². The topological polar surface area (TPSA) is 439 Å². The first-order chi connectivity index (χ1) is 62.8. The predicted octanol–water partition coefficient (Wildman–Crippen LogP) is 5.89. The number of halogens is 11. The van der Waals surface area contributed by atoms with Crippen LogP contribution in [-0.2, 0) is 154 Å². The molecule has 6 atom stereocenters. The van der Waals surface area contributed by atoms with Gasteiger partial charge < -0.3 is 56.1 Å². The molecule has 0 heterocycles. The highest BCUT2D eigenvalue weighted by Crippen LogP contribution is 2.39. The van der Waals surface area contributed by atoms with Gasteiger partial charge in [-0.1, -0.05) is 196 Å². The molecule has 0 amide bonds. The normalized spacial score (nSPS) is 14.6. The van der Waals surface area contributed by atoms with Crippen LogP contribution in [0.5, 0.6) is 23.0 Å². The average Bonchev–Trinajstić information content (AvgIpc) is 0.772. The SMILES string of the molecule is [B]Cc1cc(C[B])c(OC(=O)/C=C\C(=O)OC(C)C(F)(F)S(=O)(=O)[O-])c(C[B])c1.[B]Cc1cc(C[B])c(OC(=O)C2CCCCC2C(=O)OC(CS(=O)(=O)[O-])C(F)(F)F)c(C[B])c1.[B]Cc1cc(C[B])c(OC(=O)c2cccc3cccc(C(=O)OC(CS(=O)(=O)[O-])C(F)(F)F)c23)c(C[B])c1.[B]Cc1cc(C[B])c(OC(=O)c2ccccc2C(=O)OC(CS(=O)(=O)[O-])C(F)(F)F)c(C[B])c1. The van der Waals surface area contributed by atoms with Crippen LogP contribution in [0, 0.1) is 11.8 Å². The summed E-state index contributed by atoms with van der Waals surface area (Å²) in [5, 5.41) is -4.68. The lowest BCUT2D eigenvalue weighted by atomic mass is 9.79. The Kier molecular flexibility index (Phi) is 43.0. The van der Waals surface area contributed by atoms with Gasteiger partial charge in [0.1, 0.15) is 23.0 Å². The van der Waals surface area contributed by atoms with Crippen LogP contribution in [-0.4, -0.2) is 259 Å². The van der Waals surface area contributed by atoms with Gasteiger partial charge in [0.25, 0.3) is 0 Å². The molecular formula is C80H67B12F11O28S4-4. The van der Waals surface area contributed by atoms with Gasteiger partial charge in [0.15, 0.2) is 16.2 Å². The molecule has 135 heavy (non-hydrogen) atoms. The average molecular weight is 1940 g/mol. The van der Waals surface area contributed by atoms with Crippen LogP contribution in [0.3, 0.4) is 0 Å². The van der Waals surface area contributed by atoms with Gasteiger partial charge in [0, 0.05) is 17.5 Å². The van der Waals surface area contributed by atoms with E-state index in [1.807, 2.05) is 0 Å². The van der Waals surface area contributed by atoms with E-state index in [0.29, 0.717) is 98.7 Å². The van der Waals surface area contributed by atoms with E-state index >= 15 is 0 Å². The zero-order valence-corrected chi connectivity index (χ0v) is 73.9. The minimum absolute atomic E-state index is 0.000914. The lowest BCUT2D eigenvalue weighted by Crippen LogP contribution is -2.43. The smallest absolute Gasteiger partial charge is 0.426 e. The maximum atomic E-state index is 13.3. The van der Waals surface area contributed by atoms with Crippen LogP contribution in [0.4, 0.5) is 48.3 Å².